The van der Waals surface area contributed by atoms with Crippen LogP contribution in [0.5, 0.6) is 5.75 Å². The van der Waals surface area contributed by atoms with E-state index in [2.05, 4.69) is 30.0 Å². The van der Waals surface area contributed by atoms with Gasteiger partial charge in [0.05, 0.1) is 7.11 Å². The van der Waals surface area contributed by atoms with Crippen LogP contribution in [0.3, 0.4) is 0 Å². The summed E-state index contributed by atoms with van der Waals surface area (Å²) in [6.45, 7) is 4.21. The van der Waals surface area contributed by atoms with E-state index in [0.717, 1.165) is 24.4 Å². The van der Waals surface area contributed by atoms with Crippen molar-refractivity contribution in [3.05, 3.63) is 42.0 Å². The van der Waals surface area contributed by atoms with Crippen LogP contribution in [-0.2, 0) is 12.8 Å². The van der Waals surface area contributed by atoms with Gasteiger partial charge in [-0.1, -0.05) is 18.2 Å². The molecule has 114 valence electrons. The molecule has 1 unspecified atom stereocenters. The third kappa shape index (κ3) is 3.97. The molecule has 1 aromatic carbocycles. The molecule has 1 atom stereocenters. The van der Waals surface area contributed by atoms with Gasteiger partial charge in [0.15, 0.2) is 0 Å². The smallest absolute Gasteiger partial charge is 0.138 e. The molecule has 0 bridgehead atoms. The Morgan fingerprint density at radius 1 is 1.24 bits per heavy atom. The van der Waals surface area contributed by atoms with Gasteiger partial charge in [-0.15, -0.1) is 11.6 Å². The minimum absolute atomic E-state index is 0.310. The third-order valence-electron chi connectivity index (χ3n) is 3.53. The SMILES string of the molecule is COc1ccccc1CC(CCl)Cc1ncnn1C(C)C. The number of para-hydroxylation sites is 1. The molecule has 2 aromatic rings. The molecule has 5 heteroatoms. The first kappa shape index (κ1) is 15.8. The van der Waals surface area contributed by atoms with Gasteiger partial charge >= 0.3 is 0 Å². The average Bonchev–Trinajstić information content (AvgIpc) is 2.95. The van der Waals surface area contributed by atoms with Crippen molar-refractivity contribution in [2.24, 2.45) is 5.92 Å². The number of aromatic nitrogens is 3. The molecule has 0 saturated heterocycles. The molecule has 1 aromatic heterocycles. The van der Waals surface area contributed by atoms with Crippen LogP contribution in [0, 0.1) is 5.92 Å². The highest BCUT2D eigenvalue weighted by Gasteiger charge is 2.16. The second kappa shape index (κ2) is 7.46. The molecule has 21 heavy (non-hydrogen) atoms. The molecule has 0 aliphatic rings. The van der Waals surface area contributed by atoms with E-state index in [1.54, 1.807) is 13.4 Å². The van der Waals surface area contributed by atoms with Crippen molar-refractivity contribution in [1.82, 2.24) is 14.8 Å². The first-order valence-electron chi connectivity index (χ1n) is 7.22. The standard InChI is InChI=1S/C16H22ClN3O/c1-12(2)20-16(18-11-19-20)9-13(10-17)8-14-6-4-5-7-15(14)21-3/h4-7,11-13H,8-10H2,1-3H3. The Morgan fingerprint density at radius 3 is 2.67 bits per heavy atom. The summed E-state index contributed by atoms with van der Waals surface area (Å²) in [6, 6.07) is 8.39. The number of benzene rings is 1. The topological polar surface area (TPSA) is 39.9 Å². The van der Waals surface area contributed by atoms with E-state index in [1.165, 1.54) is 5.56 Å². The van der Waals surface area contributed by atoms with Crippen LogP contribution in [0.4, 0.5) is 0 Å². The lowest BCUT2D eigenvalue weighted by molar-refractivity contribution is 0.404. The number of nitrogens with zero attached hydrogens (tertiary/aromatic N) is 3. The Bertz CT molecular complexity index is 568. The van der Waals surface area contributed by atoms with E-state index in [1.807, 2.05) is 22.9 Å². The summed E-state index contributed by atoms with van der Waals surface area (Å²) in [5.41, 5.74) is 1.18. The number of rotatable bonds is 7. The van der Waals surface area contributed by atoms with Crippen LogP contribution in [0.2, 0.25) is 0 Å². The van der Waals surface area contributed by atoms with E-state index < -0.39 is 0 Å². The lowest BCUT2D eigenvalue weighted by Gasteiger charge is -2.17. The van der Waals surface area contributed by atoms with E-state index in [4.69, 9.17) is 16.3 Å². The minimum Gasteiger partial charge on any atom is -0.496 e. The number of ether oxygens (including phenoxy) is 1. The maximum Gasteiger partial charge on any atom is 0.138 e. The zero-order valence-electron chi connectivity index (χ0n) is 12.8. The van der Waals surface area contributed by atoms with Gasteiger partial charge in [-0.05, 0) is 37.8 Å². The van der Waals surface area contributed by atoms with Gasteiger partial charge in [-0.25, -0.2) is 9.67 Å². The molecule has 0 aliphatic heterocycles. The van der Waals surface area contributed by atoms with Crippen LogP contribution < -0.4 is 4.74 Å². The van der Waals surface area contributed by atoms with Gasteiger partial charge in [0.25, 0.3) is 0 Å². The van der Waals surface area contributed by atoms with Gasteiger partial charge in [-0.2, -0.15) is 5.10 Å². The molecule has 2 rings (SSSR count). The second-order valence-electron chi connectivity index (χ2n) is 5.46. The zero-order valence-corrected chi connectivity index (χ0v) is 13.5. The van der Waals surface area contributed by atoms with Crippen molar-refractivity contribution in [2.75, 3.05) is 13.0 Å². The van der Waals surface area contributed by atoms with Gasteiger partial charge < -0.3 is 4.74 Å². The van der Waals surface area contributed by atoms with Crippen LogP contribution in [0.1, 0.15) is 31.3 Å². The molecule has 0 amide bonds. The summed E-state index contributed by atoms with van der Waals surface area (Å²) in [6.07, 6.45) is 3.31. The average molecular weight is 308 g/mol. The quantitative estimate of drug-likeness (QED) is 0.735. The number of methoxy groups -OCH3 is 1. The predicted octanol–water partition coefficient (Wildman–Crippen LogP) is 3.51. The van der Waals surface area contributed by atoms with Gasteiger partial charge in [0.1, 0.15) is 17.9 Å². The molecular formula is C16H22ClN3O. The summed E-state index contributed by atoms with van der Waals surface area (Å²) in [5.74, 6) is 2.80. The number of hydrogen-bond acceptors (Lipinski definition) is 3. The van der Waals surface area contributed by atoms with Gasteiger partial charge in [-0.3, -0.25) is 0 Å². The second-order valence-corrected chi connectivity index (χ2v) is 5.76. The predicted molar refractivity (Wildman–Crippen MR) is 85.0 cm³/mol. The lowest BCUT2D eigenvalue weighted by atomic mass is 9.97. The highest BCUT2D eigenvalue weighted by atomic mass is 35.5. The Morgan fingerprint density at radius 2 is 2.00 bits per heavy atom. The molecule has 0 fully saturated rings. The fourth-order valence-corrected chi connectivity index (χ4v) is 2.69. The molecule has 4 nitrogen and oxygen atoms in total. The Kier molecular flexibility index (Phi) is 5.62. The normalized spacial score (nSPS) is 12.6. The summed E-state index contributed by atoms with van der Waals surface area (Å²) >= 11 is 6.16. The molecule has 0 saturated carbocycles. The summed E-state index contributed by atoms with van der Waals surface area (Å²) in [7, 11) is 1.70. The highest BCUT2D eigenvalue weighted by Crippen LogP contribution is 2.23. The van der Waals surface area contributed by atoms with E-state index in [0.29, 0.717) is 17.8 Å². The molecule has 0 aliphatic carbocycles. The minimum atomic E-state index is 0.310. The molecule has 0 spiro atoms. The van der Waals surface area contributed by atoms with Crippen LogP contribution >= 0.6 is 11.6 Å². The van der Waals surface area contributed by atoms with Crippen molar-refractivity contribution < 1.29 is 4.74 Å². The number of alkyl halides is 1. The Hall–Kier alpha value is -1.55. The molecule has 1 heterocycles. The van der Waals surface area contributed by atoms with Crippen LogP contribution in [0.25, 0.3) is 0 Å². The lowest BCUT2D eigenvalue weighted by Crippen LogP contribution is -2.16. The monoisotopic (exact) mass is 307 g/mol. The third-order valence-corrected chi connectivity index (χ3v) is 3.96. The van der Waals surface area contributed by atoms with Crippen molar-refractivity contribution >= 4 is 11.6 Å². The van der Waals surface area contributed by atoms with E-state index in [9.17, 15) is 0 Å². The number of hydrogen-bond donors (Lipinski definition) is 0. The fraction of sp³-hybridized carbons (Fsp3) is 0.500. The van der Waals surface area contributed by atoms with Crippen molar-refractivity contribution in [1.29, 1.82) is 0 Å². The number of halogens is 1. The fourth-order valence-electron chi connectivity index (χ4n) is 2.47. The molecule has 0 N–H and O–H groups in total. The van der Waals surface area contributed by atoms with Crippen molar-refractivity contribution in [3.8, 4) is 5.75 Å². The van der Waals surface area contributed by atoms with Crippen LogP contribution in [0.15, 0.2) is 30.6 Å². The zero-order chi connectivity index (χ0) is 15.2. The van der Waals surface area contributed by atoms with E-state index >= 15 is 0 Å². The summed E-state index contributed by atoms with van der Waals surface area (Å²) in [4.78, 5) is 4.37. The summed E-state index contributed by atoms with van der Waals surface area (Å²) in [5, 5.41) is 4.28. The summed E-state index contributed by atoms with van der Waals surface area (Å²) < 4.78 is 7.37. The largest absolute Gasteiger partial charge is 0.496 e. The van der Waals surface area contributed by atoms with Crippen LogP contribution in [-0.4, -0.2) is 27.8 Å². The Labute approximate surface area is 131 Å². The maximum atomic E-state index is 6.16. The first-order valence-corrected chi connectivity index (χ1v) is 7.75. The highest BCUT2D eigenvalue weighted by molar-refractivity contribution is 6.18. The van der Waals surface area contributed by atoms with Gasteiger partial charge in [0, 0.05) is 18.3 Å². The molecule has 0 radical (unpaired) electrons. The van der Waals surface area contributed by atoms with E-state index in [-0.39, 0.29) is 0 Å². The molecular weight excluding hydrogens is 286 g/mol. The van der Waals surface area contributed by atoms with Crippen molar-refractivity contribution in [3.63, 3.8) is 0 Å². The van der Waals surface area contributed by atoms with Crippen molar-refractivity contribution in [2.45, 2.75) is 32.7 Å². The van der Waals surface area contributed by atoms with Gasteiger partial charge in [0.2, 0.25) is 0 Å². The first-order chi connectivity index (χ1) is 10.2. The Balaban J connectivity index is 2.11. The maximum absolute atomic E-state index is 6.16.